The largest absolute Gasteiger partial charge is 0.358 e. The van der Waals surface area contributed by atoms with Gasteiger partial charge < -0.3 is 5.32 Å². The molecule has 56 valence electrons. The highest BCUT2D eigenvalue weighted by Crippen LogP contribution is 2.02. The van der Waals surface area contributed by atoms with Crippen molar-refractivity contribution in [3.8, 4) is 0 Å². The van der Waals surface area contributed by atoms with Gasteiger partial charge in [0.15, 0.2) is 11.9 Å². The second-order valence-electron chi connectivity index (χ2n) is 2.12. The topological polar surface area (TPSA) is 82.9 Å². The average molecular weight is 152 g/mol. The van der Waals surface area contributed by atoms with Gasteiger partial charge in [0.05, 0.1) is 6.34 Å². The zero-order valence-electron chi connectivity index (χ0n) is 5.37. The Morgan fingerprint density at radius 3 is 3.09 bits per heavy atom. The molecule has 0 saturated heterocycles. The zero-order valence-corrected chi connectivity index (χ0v) is 5.37. The highest BCUT2D eigenvalue weighted by molar-refractivity contribution is 6.22. The summed E-state index contributed by atoms with van der Waals surface area (Å²) in [4.78, 5) is 28.7. The van der Waals surface area contributed by atoms with E-state index in [9.17, 15) is 9.59 Å². The Balaban J connectivity index is 2.40. The number of nitrogens with zero attached hydrogens (tertiary/aromatic N) is 2. The highest BCUT2D eigenvalue weighted by atomic mass is 16.2. The molecule has 0 spiro atoms. The van der Waals surface area contributed by atoms with Crippen LogP contribution in [0.15, 0.2) is 9.98 Å². The van der Waals surface area contributed by atoms with E-state index in [4.69, 9.17) is 0 Å². The number of amidine groups is 1. The number of hydrogen-bond acceptors (Lipinski definition) is 4. The summed E-state index contributed by atoms with van der Waals surface area (Å²) in [5.74, 6) is -0.170. The van der Waals surface area contributed by atoms with Gasteiger partial charge in [0, 0.05) is 0 Å². The Morgan fingerprint density at radius 1 is 1.45 bits per heavy atom. The van der Waals surface area contributed by atoms with Crippen molar-refractivity contribution in [1.82, 2.24) is 10.6 Å². The van der Waals surface area contributed by atoms with Gasteiger partial charge in [-0.1, -0.05) is 0 Å². The van der Waals surface area contributed by atoms with E-state index in [0.29, 0.717) is 0 Å². The van der Waals surface area contributed by atoms with Crippen LogP contribution in [0.3, 0.4) is 0 Å². The first-order chi connectivity index (χ1) is 5.27. The van der Waals surface area contributed by atoms with Crippen molar-refractivity contribution < 1.29 is 9.59 Å². The number of nitrogens with one attached hydrogen (secondary N) is 2. The fourth-order valence-electron chi connectivity index (χ4n) is 0.923. The van der Waals surface area contributed by atoms with Gasteiger partial charge in [0.2, 0.25) is 0 Å². The van der Waals surface area contributed by atoms with Crippen molar-refractivity contribution >= 4 is 24.1 Å². The van der Waals surface area contributed by atoms with Gasteiger partial charge in [-0.2, -0.15) is 4.99 Å². The molecule has 0 aliphatic carbocycles. The van der Waals surface area contributed by atoms with Crippen LogP contribution in [0, 0.1) is 0 Å². The van der Waals surface area contributed by atoms with Gasteiger partial charge in [-0.3, -0.25) is 10.1 Å². The molecule has 0 radical (unpaired) electrons. The van der Waals surface area contributed by atoms with Crippen molar-refractivity contribution in [3.63, 3.8) is 0 Å². The highest BCUT2D eigenvalue weighted by Gasteiger charge is 2.32. The molecule has 3 amide bonds. The van der Waals surface area contributed by atoms with Crippen LogP contribution in [0.2, 0.25) is 0 Å². The van der Waals surface area contributed by atoms with E-state index in [1.54, 1.807) is 0 Å². The maximum atomic E-state index is 10.9. The molecular formula is C5H4N4O2. The molecule has 0 bridgehead atoms. The van der Waals surface area contributed by atoms with E-state index in [2.05, 4.69) is 15.3 Å². The molecule has 2 heterocycles. The predicted octanol–water partition coefficient (Wildman–Crippen LogP) is -1.37. The van der Waals surface area contributed by atoms with Crippen LogP contribution in [0.4, 0.5) is 4.79 Å². The molecule has 6 heteroatoms. The lowest BCUT2D eigenvalue weighted by molar-refractivity contribution is -0.120. The number of imide groups is 1. The molecule has 0 fully saturated rings. The first-order valence-electron chi connectivity index (χ1n) is 2.99. The van der Waals surface area contributed by atoms with Crippen molar-refractivity contribution in [2.45, 2.75) is 6.04 Å². The van der Waals surface area contributed by atoms with E-state index in [1.165, 1.54) is 6.34 Å². The fourth-order valence-corrected chi connectivity index (χ4v) is 0.923. The fraction of sp³-hybridized carbons (Fsp3) is 0.200. The van der Waals surface area contributed by atoms with Gasteiger partial charge in [-0.05, 0) is 0 Å². The first-order valence-corrected chi connectivity index (χ1v) is 2.99. The summed E-state index contributed by atoms with van der Waals surface area (Å²) in [6.45, 7) is 0. The molecule has 2 aliphatic rings. The van der Waals surface area contributed by atoms with Crippen LogP contribution in [0.25, 0.3) is 0 Å². The Kier molecular flexibility index (Phi) is 1.03. The summed E-state index contributed by atoms with van der Waals surface area (Å²) in [5.41, 5.74) is 0. The molecule has 2 rings (SSSR count). The van der Waals surface area contributed by atoms with Crippen LogP contribution in [-0.4, -0.2) is 30.2 Å². The standard InChI is InChI=1S/C5H4N4O2/c10-4-2-3(7-1-6-2)8-5(11)9-4/h1-2H,(H2,6,7,8,9,10,11). The number of urea groups is 1. The maximum Gasteiger partial charge on any atom is 0.349 e. The molecular weight excluding hydrogens is 148 g/mol. The normalized spacial score (nSPS) is 27.3. The summed E-state index contributed by atoms with van der Waals surface area (Å²) in [6.07, 6.45) is 1.35. The molecule has 2 N–H and O–H groups in total. The zero-order chi connectivity index (χ0) is 7.84. The molecule has 0 aromatic rings. The summed E-state index contributed by atoms with van der Waals surface area (Å²) >= 11 is 0. The second kappa shape index (κ2) is 1.88. The molecule has 0 saturated carbocycles. The number of carbonyl (C=O) groups is 2. The van der Waals surface area contributed by atoms with Crippen molar-refractivity contribution in [3.05, 3.63) is 0 Å². The van der Waals surface area contributed by atoms with Crippen molar-refractivity contribution in [2.75, 3.05) is 0 Å². The monoisotopic (exact) mass is 152 g/mol. The van der Waals surface area contributed by atoms with Crippen LogP contribution >= 0.6 is 0 Å². The minimum atomic E-state index is -0.651. The van der Waals surface area contributed by atoms with E-state index < -0.39 is 18.0 Å². The van der Waals surface area contributed by atoms with Gasteiger partial charge in [0.25, 0.3) is 5.91 Å². The lowest BCUT2D eigenvalue weighted by Gasteiger charge is -2.13. The molecule has 0 aromatic carbocycles. The van der Waals surface area contributed by atoms with E-state index in [1.807, 2.05) is 5.32 Å². The summed E-state index contributed by atoms with van der Waals surface area (Å²) in [6, 6.07) is -1.23. The molecule has 1 atom stereocenters. The summed E-state index contributed by atoms with van der Waals surface area (Å²) < 4.78 is 0. The number of rotatable bonds is 0. The lowest BCUT2D eigenvalue weighted by atomic mass is 10.2. The van der Waals surface area contributed by atoms with Crippen LogP contribution < -0.4 is 10.6 Å². The molecule has 0 aromatic heterocycles. The maximum absolute atomic E-state index is 10.9. The molecule has 6 nitrogen and oxygen atoms in total. The van der Waals surface area contributed by atoms with Gasteiger partial charge in [-0.25, -0.2) is 9.79 Å². The Morgan fingerprint density at radius 2 is 2.27 bits per heavy atom. The van der Waals surface area contributed by atoms with E-state index in [0.717, 1.165) is 0 Å². The van der Waals surface area contributed by atoms with E-state index in [-0.39, 0.29) is 5.84 Å². The Labute approximate surface area is 61.4 Å². The first kappa shape index (κ1) is 6.02. The quantitative estimate of drug-likeness (QED) is 0.449. The minimum absolute atomic E-state index is 0.235. The number of amides is 3. The minimum Gasteiger partial charge on any atom is -0.358 e. The average Bonchev–Trinajstić information content (AvgIpc) is 2.34. The lowest BCUT2D eigenvalue weighted by Crippen LogP contribution is -2.50. The molecule has 1 unspecified atom stereocenters. The molecule has 2 aliphatic heterocycles. The summed E-state index contributed by atoms with van der Waals surface area (Å²) in [7, 11) is 0. The second-order valence-corrected chi connectivity index (χ2v) is 2.12. The Bertz CT molecular complexity index is 293. The molecule has 11 heavy (non-hydrogen) atoms. The third kappa shape index (κ3) is 0.794. The summed E-state index contributed by atoms with van der Waals surface area (Å²) in [5, 5.41) is 4.68. The Hall–Kier alpha value is -1.72. The van der Waals surface area contributed by atoms with E-state index >= 15 is 0 Å². The number of hydrogen-bond donors (Lipinski definition) is 2. The third-order valence-corrected chi connectivity index (χ3v) is 1.40. The van der Waals surface area contributed by atoms with Crippen molar-refractivity contribution in [2.24, 2.45) is 9.98 Å². The van der Waals surface area contributed by atoms with Crippen LogP contribution in [-0.2, 0) is 4.79 Å². The number of carbonyl (C=O) groups excluding carboxylic acids is 2. The van der Waals surface area contributed by atoms with Gasteiger partial charge in [0.1, 0.15) is 0 Å². The van der Waals surface area contributed by atoms with Gasteiger partial charge >= 0.3 is 6.03 Å². The smallest absolute Gasteiger partial charge is 0.349 e. The van der Waals surface area contributed by atoms with Crippen molar-refractivity contribution in [1.29, 1.82) is 0 Å². The van der Waals surface area contributed by atoms with Crippen LogP contribution in [0.1, 0.15) is 0 Å². The SMILES string of the molecule is O=C1N=C2N=CNC2C(=O)N1. The van der Waals surface area contributed by atoms with Gasteiger partial charge in [-0.15, -0.1) is 0 Å². The predicted molar refractivity (Wildman–Crippen MR) is 36.4 cm³/mol. The third-order valence-electron chi connectivity index (χ3n) is 1.40. The number of aliphatic imine (C=N–C) groups is 2. The van der Waals surface area contributed by atoms with Crippen LogP contribution in [0.5, 0.6) is 0 Å². The number of fused-ring (bicyclic) bond motifs is 1.